The van der Waals surface area contributed by atoms with E-state index in [4.69, 9.17) is 23.6 Å². The second kappa shape index (κ2) is 10.5. The second-order valence-corrected chi connectivity index (χ2v) is 7.71. The minimum Gasteiger partial charge on any atom is -0.486 e. The standard InChI is InChI=1S/C23H32N4O4/c1-3-24-23(25-14-18-16-29-21-6-4-5-7-22(21)31-18)26-15-19(20-9-8-17(2)30-20)27-10-12-28-13-11-27/h4-9,18-19H,3,10-16H2,1-2H3,(H2,24,25,26). The van der Waals surface area contributed by atoms with Gasteiger partial charge in [-0.25, -0.2) is 0 Å². The van der Waals surface area contributed by atoms with Crippen LogP contribution in [0, 0.1) is 6.92 Å². The molecule has 1 fully saturated rings. The van der Waals surface area contributed by atoms with Crippen molar-refractivity contribution in [2.45, 2.75) is 26.0 Å². The summed E-state index contributed by atoms with van der Waals surface area (Å²) < 4.78 is 23.3. The molecule has 0 radical (unpaired) electrons. The van der Waals surface area contributed by atoms with E-state index in [0.29, 0.717) is 19.7 Å². The first kappa shape index (κ1) is 21.5. The van der Waals surface area contributed by atoms with Crippen molar-refractivity contribution in [3.8, 4) is 11.5 Å². The second-order valence-electron chi connectivity index (χ2n) is 7.71. The van der Waals surface area contributed by atoms with Gasteiger partial charge in [-0.3, -0.25) is 9.89 Å². The van der Waals surface area contributed by atoms with E-state index >= 15 is 0 Å². The Morgan fingerprint density at radius 2 is 1.94 bits per heavy atom. The number of morpholine rings is 1. The van der Waals surface area contributed by atoms with Crippen molar-refractivity contribution < 1.29 is 18.6 Å². The van der Waals surface area contributed by atoms with E-state index in [1.54, 1.807) is 0 Å². The fraction of sp³-hybridized carbons (Fsp3) is 0.522. The molecular weight excluding hydrogens is 396 g/mol. The fourth-order valence-corrected chi connectivity index (χ4v) is 3.80. The third kappa shape index (κ3) is 5.71. The van der Waals surface area contributed by atoms with Gasteiger partial charge in [-0.15, -0.1) is 0 Å². The number of rotatable bonds is 7. The van der Waals surface area contributed by atoms with Gasteiger partial charge in [-0.1, -0.05) is 12.1 Å². The molecule has 2 aliphatic heterocycles. The van der Waals surface area contributed by atoms with Crippen molar-refractivity contribution in [3.63, 3.8) is 0 Å². The summed E-state index contributed by atoms with van der Waals surface area (Å²) in [6.07, 6.45) is -0.0819. The SMILES string of the molecule is CCNC(=NCC(c1ccc(C)o1)N1CCOCC1)NCC1COc2ccccc2O1. The molecule has 2 aliphatic rings. The Bertz CT molecular complexity index is 863. The van der Waals surface area contributed by atoms with E-state index in [-0.39, 0.29) is 12.1 Å². The molecule has 2 unspecified atom stereocenters. The van der Waals surface area contributed by atoms with E-state index in [1.807, 2.05) is 37.3 Å². The van der Waals surface area contributed by atoms with Crippen molar-refractivity contribution in [3.05, 3.63) is 47.9 Å². The van der Waals surface area contributed by atoms with Gasteiger partial charge in [0, 0.05) is 19.6 Å². The Kier molecular flexibility index (Phi) is 7.32. The summed E-state index contributed by atoms with van der Waals surface area (Å²) >= 11 is 0. The smallest absolute Gasteiger partial charge is 0.191 e. The third-order valence-electron chi connectivity index (χ3n) is 5.41. The quantitative estimate of drug-likeness (QED) is 0.518. The van der Waals surface area contributed by atoms with Crippen molar-refractivity contribution in [1.29, 1.82) is 0 Å². The molecule has 8 heteroatoms. The fourth-order valence-electron chi connectivity index (χ4n) is 3.80. The molecule has 2 aromatic rings. The Morgan fingerprint density at radius 3 is 2.68 bits per heavy atom. The number of benzene rings is 1. The number of fused-ring (bicyclic) bond motifs is 1. The normalized spacial score (nSPS) is 20.3. The summed E-state index contributed by atoms with van der Waals surface area (Å²) in [6, 6.07) is 11.9. The Hall–Kier alpha value is -2.71. The van der Waals surface area contributed by atoms with Crippen molar-refractivity contribution in [2.24, 2.45) is 4.99 Å². The molecule has 1 saturated heterocycles. The molecule has 0 aliphatic carbocycles. The monoisotopic (exact) mass is 428 g/mol. The largest absolute Gasteiger partial charge is 0.486 e. The molecule has 31 heavy (non-hydrogen) atoms. The van der Waals surface area contributed by atoms with Crippen LogP contribution in [-0.2, 0) is 4.74 Å². The molecule has 2 N–H and O–H groups in total. The third-order valence-corrected chi connectivity index (χ3v) is 5.41. The lowest BCUT2D eigenvalue weighted by atomic mass is 10.1. The van der Waals surface area contributed by atoms with Gasteiger partial charge in [-0.05, 0) is 38.1 Å². The molecule has 0 saturated carbocycles. The number of hydrogen-bond donors (Lipinski definition) is 2. The maximum absolute atomic E-state index is 6.05. The molecule has 2 atom stereocenters. The van der Waals surface area contributed by atoms with Crippen LogP contribution in [0.2, 0.25) is 0 Å². The summed E-state index contributed by atoms with van der Waals surface area (Å²) in [5.41, 5.74) is 0. The maximum Gasteiger partial charge on any atom is 0.191 e. The van der Waals surface area contributed by atoms with Gasteiger partial charge in [0.25, 0.3) is 0 Å². The first-order valence-corrected chi connectivity index (χ1v) is 11.0. The summed E-state index contributed by atoms with van der Waals surface area (Å²) in [5.74, 6) is 4.19. The first-order valence-electron chi connectivity index (χ1n) is 11.0. The lowest BCUT2D eigenvalue weighted by Crippen LogP contribution is -2.46. The predicted molar refractivity (Wildman–Crippen MR) is 119 cm³/mol. The van der Waals surface area contributed by atoms with Gasteiger partial charge in [0.2, 0.25) is 0 Å². The summed E-state index contributed by atoms with van der Waals surface area (Å²) in [7, 11) is 0. The summed E-state index contributed by atoms with van der Waals surface area (Å²) in [4.78, 5) is 7.24. The number of ether oxygens (including phenoxy) is 3. The maximum atomic E-state index is 6.05. The van der Waals surface area contributed by atoms with E-state index in [9.17, 15) is 0 Å². The highest BCUT2D eigenvalue weighted by atomic mass is 16.6. The van der Waals surface area contributed by atoms with Gasteiger partial charge in [0.05, 0.1) is 32.3 Å². The molecule has 1 aromatic carbocycles. The van der Waals surface area contributed by atoms with Gasteiger partial charge >= 0.3 is 0 Å². The summed E-state index contributed by atoms with van der Waals surface area (Å²) in [6.45, 7) is 9.71. The molecule has 0 amide bonds. The number of aliphatic imine (C=N–C) groups is 1. The molecule has 3 heterocycles. The number of guanidine groups is 1. The van der Waals surface area contributed by atoms with Crippen molar-refractivity contribution >= 4 is 5.96 Å². The highest BCUT2D eigenvalue weighted by Crippen LogP contribution is 2.30. The molecule has 1 aromatic heterocycles. The Morgan fingerprint density at radius 1 is 1.13 bits per heavy atom. The van der Waals surface area contributed by atoms with Crippen LogP contribution in [0.15, 0.2) is 45.8 Å². The van der Waals surface area contributed by atoms with Crippen LogP contribution in [0.3, 0.4) is 0 Å². The van der Waals surface area contributed by atoms with Crippen LogP contribution in [0.25, 0.3) is 0 Å². The zero-order chi connectivity index (χ0) is 21.5. The van der Waals surface area contributed by atoms with Crippen LogP contribution in [-0.4, -0.2) is 69.5 Å². The first-order chi connectivity index (χ1) is 15.2. The molecule has 8 nitrogen and oxygen atoms in total. The minimum absolute atomic E-state index is 0.0780. The van der Waals surface area contributed by atoms with Crippen LogP contribution < -0.4 is 20.1 Å². The lowest BCUT2D eigenvalue weighted by molar-refractivity contribution is 0.0135. The Balaban J connectivity index is 1.39. The topological polar surface area (TPSA) is 80.5 Å². The Labute approximate surface area is 183 Å². The zero-order valence-electron chi connectivity index (χ0n) is 18.3. The minimum atomic E-state index is -0.0819. The highest BCUT2D eigenvalue weighted by molar-refractivity contribution is 5.79. The predicted octanol–water partition coefficient (Wildman–Crippen LogP) is 2.36. The van der Waals surface area contributed by atoms with Gasteiger partial charge in [-0.2, -0.15) is 0 Å². The van der Waals surface area contributed by atoms with Crippen LogP contribution in [0.1, 0.15) is 24.5 Å². The van der Waals surface area contributed by atoms with Crippen LogP contribution in [0.5, 0.6) is 11.5 Å². The zero-order valence-corrected chi connectivity index (χ0v) is 18.3. The lowest BCUT2D eigenvalue weighted by Gasteiger charge is -2.32. The van der Waals surface area contributed by atoms with E-state index in [0.717, 1.165) is 61.8 Å². The van der Waals surface area contributed by atoms with Crippen molar-refractivity contribution in [2.75, 3.05) is 52.5 Å². The number of para-hydroxylation sites is 2. The van der Waals surface area contributed by atoms with Gasteiger partial charge < -0.3 is 29.3 Å². The molecule has 0 bridgehead atoms. The van der Waals surface area contributed by atoms with Gasteiger partial charge in [0.1, 0.15) is 24.2 Å². The van der Waals surface area contributed by atoms with Crippen LogP contribution >= 0.6 is 0 Å². The number of nitrogens with one attached hydrogen (secondary N) is 2. The molecule has 168 valence electrons. The molecule has 4 rings (SSSR count). The number of hydrogen-bond acceptors (Lipinski definition) is 6. The average molecular weight is 429 g/mol. The molecular formula is C23H32N4O4. The summed E-state index contributed by atoms with van der Waals surface area (Å²) in [5, 5.41) is 6.72. The number of nitrogens with zero attached hydrogens (tertiary/aromatic N) is 2. The average Bonchev–Trinajstić information content (AvgIpc) is 3.24. The van der Waals surface area contributed by atoms with E-state index in [2.05, 4.69) is 28.5 Å². The highest BCUT2D eigenvalue weighted by Gasteiger charge is 2.25. The number of furan rings is 1. The van der Waals surface area contributed by atoms with Gasteiger partial charge in [0.15, 0.2) is 17.5 Å². The number of aryl methyl sites for hydroxylation is 1. The van der Waals surface area contributed by atoms with Crippen LogP contribution in [0.4, 0.5) is 0 Å². The molecule has 0 spiro atoms. The van der Waals surface area contributed by atoms with E-state index in [1.165, 1.54) is 0 Å². The van der Waals surface area contributed by atoms with E-state index < -0.39 is 0 Å². The van der Waals surface area contributed by atoms with Crippen molar-refractivity contribution in [1.82, 2.24) is 15.5 Å².